The van der Waals surface area contributed by atoms with E-state index in [1.807, 2.05) is 0 Å². The molecule has 3 heteroatoms. The molecule has 0 aromatic heterocycles. The largest absolute Gasteiger partial charge is 0.271 e. The zero-order valence-corrected chi connectivity index (χ0v) is 13.6. The summed E-state index contributed by atoms with van der Waals surface area (Å²) >= 11 is 3.49. The Labute approximate surface area is 134 Å². The van der Waals surface area contributed by atoms with E-state index in [1.165, 1.54) is 30.4 Å². The summed E-state index contributed by atoms with van der Waals surface area (Å²) in [7, 11) is 0. The molecule has 0 heterocycles. The smallest absolute Gasteiger partial charge is 0.0347 e. The first-order valence-electron chi connectivity index (χ1n) is 7.51. The molecule has 21 heavy (non-hydrogen) atoms. The van der Waals surface area contributed by atoms with Crippen molar-refractivity contribution in [2.45, 2.75) is 37.1 Å². The van der Waals surface area contributed by atoms with Crippen LogP contribution in [0.5, 0.6) is 0 Å². The monoisotopic (exact) mass is 344 g/mol. The van der Waals surface area contributed by atoms with Gasteiger partial charge in [-0.1, -0.05) is 64.8 Å². The third kappa shape index (κ3) is 2.91. The van der Waals surface area contributed by atoms with Crippen molar-refractivity contribution in [3.8, 4) is 0 Å². The molecule has 2 aromatic rings. The maximum atomic E-state index is 5.92. The maximum Gasteiger partial charge on any atom is 0.0347 e. The normalized spacial score (nSPS) is 18.0. The van der Waals surface area contributed by atoms with Gasteiger partial charge in [-0.3, -0.25) is 11.3 Å². The van der Waals surface area contributed by atoms with Gasteiger partial charge in [0, 0.05) is 15.9 Å². The molecule has 0 bridgehead atoms. The number of hydrogen-bond donors (Lipinski definition) is 2. The Kier molecular flexibility index (Phi) is 4.43. The molecule has 1 aliphatic carbocycles. The predicted octanol–water partition coefficient (Wildman–Crippen LogP) is 3.95. The van der Waals surface area contributed by atoms with Crippen LogP contribution in [-0.2, 0) is 11.8 Å². The Morgan fingerprint density at radius 3 is 2.24 bits per heavy atom. The van der Waals surface area contributed by atoms with Gasteiger partial charge in [-0.05, 0) is 42.5 Å². The van der Waals surface area contributed by atoms with Crippen LogP contribution in [-0.4, -0.2) is 6.04 Å². The average Bonchev–Trinajstić information content (AvgIpc) is 2.48. The van der Waals surface area contributed by atoms with Crippen molar-refractivity contribution in [3.05, 3.63) is 70.2 Å². The molecular formula is C18H21BrN2. The van der Waals surface area contributed by atoms with Crippen LogP contribution in [0.25, 0.3) is 0 Å². The van der Waals surface area contributed by atoms with Gasteiger partial charge in [-0.25, -0.2) is 0 Å². The second kappa shape index (κ2) is 6.30. The van der Waals surface area contributed by atoms with Gasteiger partial charge in [-0.2, -0.15) is 0 Å². The highest BCUT2D eigenvalue weighted by molar-refractivity contribution is 9.10. The molecule has 0 spiro atoms. The van der Waals surface area contributed by atoms with Crippen molar-refractivity contribution in [1.29, 1.82) is 0 Å². The van der Waals surface area contributed by atoms with Gasteiger partial charge in [0.2, 0.25) is 0 Å². The van der Waals surface area contributed by atoms with Crippen molar-refractivity contribution in [2.24, 2.45) is 5.84 Å². The zero-order chi connectivity index (χ0) is 14.7. The lowest BCUT2D eigenvalue weighted by molar-refractivity contribution is 0.168. The fourth-order valence-corrected chi connectivity index (χ4v) is 3.70. The number of benzene rings is 2. The second-order valence-electron chi connectivity index (χ2n) is 5.93. The van der Waals surface area contributed by atoms with Crippen molar-refractivity contribution in [1.82, 2.24) is 5.43 Å². The van der Waals surface area contributed by atoms with Gasteiger partial charge in [-0.15, -0.1) is 0 Å². The van der Waals surface area contributed by atoms with Gasteiger partial charge < -0.3 is 0 Å². The van der Waals surface area contributed by atoms with E-state index in [9.17, 15) is 0 Å². The summed E-state index contributed by atoms with van der Waals surface area (Å²) in [6, 6.07) is 19.6. The molecule has 3 rings (SSSR count). The van der Waals surface area contributed by atoms with Crippen LogP contribution in [0.3, 0.4) is 0 Å². The fourth-order valence-electron chi connectivity index (χ4n) is 3.44. The molecule has 1 saturated carbocycles. The molecule has 0 aliphatic heterocycles. The average molecular weight is 345 g/mol. The van der Waals surface area contributed by atoms with Gasteiger partial charge in [0.05, 0.1) is 0 Å². The number of rotatable bonds is 5. The van der Waals surface area contributed by atoms with Crippen molar-refractivity contribution in [2.75, 3.05) is 0 Å². The molecule has 2 aromatic carbocycles. The van der Waals surface area contributed by atoms with Crippen LogP contribution < -0.4 is 11.3 Å². The van der Waals surface area contributed by atoms with Crippen molar-refractivity contribution in [3.63, 3.8) is 0 Å². The fraction of sp³-hybridized carbons (Fsp3) is 0.333. The molecule has 110 valence electrons. The molecule has 0 amide bonds. The first-order chi connectivity index (χ1) is 10.2. The standard InChI is InChI=1S/C18H21BrN2/c19-16-9-7-14(8-10-16)13-17(21-20)18(11-4-12-18)15-5-2-1-3-6-15/h1-3,5-10,17,21H,4,11-13,20H2. The lowest BCUT2D eigenvalue weighted by Crippen LogP contribution is -2.56. The molecule has 1 aliphatic rings. The van der Waals surface area contributed by atoms with E-state index in [2.05, 4.69) is 76.0 Å². The van der Waals surface area contributed by atoms with Crippen molar-refractivity contribution >= 4 is 15.9 Å². The van der Waals surface area contributed by atoms with Crippen LogP contribution in [0.15, 0.2) is 59.1 Å². The predicted molar refractivity (Wildman–Crippen MR) is 90.9 cm³/mol. The molecule has 1 fully saturated rings. The molecule has 0 radical (unpaired) electrons. The number of nitrogens with two attached hydrogens (primary N) is 1. The second-order valence-corrected chi connectivity index (χ2v) is 6.84. The van der Waals surface area contributed by atoms with Crippen LogP contribution >= 0.6 is 15.9 Å². The van der Waals surface area contributed by atoms with E-state index in [1.54, 1.807) is 0 Å². The summed E-state index contributed by atoms with van der Waals surface area (Å²) < 4.78 is 1.12. The molecule has 2 nitrogen and oxygen atoms in total. The maximum absolute atomic E-state index is 5.92. The number of nitrogens with one attached hydrogen (secondary N) is 1. The van der Waals surface area contributed by atoms with E-state index in [0.29, 0.717) is 0 Å². The van der Waals surface area contributed by atoms with Crippen LogP contribution in [0.4, 0.5) is 0 Å². The summed E-state index contributed by atoms with van der Waals surface area (Å²) in [5.74, 6) is 5.92. The van der Waals surface area contributed by atoms with Crippen molar-refractivity contribution < 1.29 is 0 Å². The van der Waals surface area contributed by atoms with Gasteiger partial charge in [0.1, 0.15) is 0 Å². The number of hydrogen-bond acceptors (Lipinski definition) is 2. The van der Waals surface area contributed by atoms with E-state index in [4.69, 9.17) is 5.84 Å². The van der Waals surface area contributed by atoms with Gasteiger partial charge in [0.15, 0.2) is 0 Å². The third-order valence-corrected chi connectivity index (χ3v) is 5.34. The van der Waals surface area contributed by atoms with Gasteiger partial charge >= 0.3 is 0 Å². The first-order valence-corrected chi connectivity index (χ1v) is 8.30. The van der Waals surface area contributed by atoms with Crippen LogP contribution in [0, 0.1) is 0 Å². The Morgan fingerprint density at radius 1 is 1.05 bits per heavy atom. The Hall–Kier alpha value is -1.16. The molecular weight excluding hydrogens is 324 g/mol. The lowest BCUT2D eigenvalue weighted by atomic mass is 9.59. The molecule has 1 unspecified atom stereocenters. The quantitative estimate of drug-likeness (QED) is 0.636. The summed E-state index contributed by atoms with van der Waals surface area (Å²) in [5.41, 5.74) is 6.01. The summed E-state index contributed by atoms with van der Waals surface area (Å²) in [5, 5.41) is 0. The zero-order valence-electron chi connectivity index (χ0n) is 12.1. The Balaban J connectivity index is 1.85. The molecule has 1 atom stereocenters. The Bertz CT molecular complexity index is 576. The topological polar surface area (TPSA) is 38.0 Å². The highest BCUT2D eigenvalue weighted by Crippen LogP contribution is 2.47. The summed E-state index contributed by atoms with van der Waals surface area (Å²) in [6.07, 6.45) is 4.66. The minimum absolute atomic E-state index is 0.184. The Morgan fingerprint density at radius 2 is 1.71 bits per heavy atom. The summed E-state index contributed by atoms with van der Waals surface area (Å²) in [4.78, 5) is 0. The number of halogens is 1. The molecule has 3 N–H and O–H groups in total. The summed E-state index contributed by atoms with van der Waals surface area (Å²) in [6.45, 7) is 0. The minimum atomic E-state index is 0.184. The first kappa shape index (κ1) is 14.8. The van der Waals surface area contributed by atoms with E-state index in [-0.39, 0.29) is 11.5 Å². The third-order valence-electron chi connectivity index (χ3n) is 4.82. The lowest BCUT2D eigenvalue weighted by Gasteiger charge is -2.48. The van der Waals surface area contributed by atoms with Crippen LogP contribution in [0.2, 0.25) is 0 Å². The molecule has 0 saturated heterocycles. The van der Waals surface area contributed by atoms with E-state index < -0.39 is 0 Å². The van der Waals surface area contributed by atoms with E-state index in [0.717, 1.165) is 10.9 Å². The van der Waals surface area contributed by atoms with Crippen LogP contribution in [0.1, 0.15) is 30.4 Å². The number of hydrazine groups is 1. The van der Waals surface area contributed by atoms with E-state index >= 15 is 0 Å². The highest BCUT2D eigenvalue weighted by Gasteiger charge is 2.44. The minimum Gasteiger partial charge on any atom is -0.271 e. The van der Waals surface area contributed by atoms with Gasteiger partial charge in [0.25, 0.3) is 0 Å². The highest BCUT2D eigenvalue weighted by atomic mass is 79.9. The SMILES string of the molecule is NNC(Cc1ccc(Br)cc1)C1(c2ccccc2)CCC1.